The Balaban J connectivity index is 1.19. The Morgan fingerprint density at radius 2 is 1.91 bits per heavy atom. The van der Waals surface area contributed by atoms with E-state index in [0.29, 0.717) is 29.5 Å². The number of fused-ring (bicyclic) bond motifs is 3. The van der Waals surface area contributed by atoms with Crippen molar-refractivity contribution in [2.24, 2.45) is 0 Å². The second-order valence-corrected chi connectivity index (χ2v) is 9.35. The van der Waals surface area contributed by atoms with Gasteiger partial charge in [0, 0.05) is 43.1 Å². The maximum Gasteiger partial charge on any atom is 0.274 e. The number of likely N-dealkylation sites (tertiary alicyclic amines) is 1. The van der Waals surface area contributed by atoms with E-state index < -0.39 is 5.91 Å². The van der Waals surface area contributed by atoms with E-state index in [0.717, 1.165) is 30.5 Å². The molecule has 1 amide bonds. The van der Waals surface area contributed by atoms with Gasteiger partial charge < -0.3 is 15.3 Å². The number of piperazine rings is 1. The van der Waals surface area contributed by atoms with Gasteiger partial charge in [0.1, 0.15) is 5.82 Å². The molecule has 2 saturated heterocycles. The van der Waals surface area contributed by atoms with Crippen molar-refractivity contribution in [2.45, 2.75) is 50.9 Å². The van der Waals surface area contributed by atoms with E-state index in [1.54, 1.807) is 6.20 Å². The molecule has 164 valence electrons. The Bertz CT molecular complexity index is 1190. The standard InChI is InChI=1S/C25H27N5O2/c1-15-2-4-16(5-3-15)11-27-25(32)23-24(31)20-8-9-22(28-21(20)12-26-23)30-14-18-10-19(30)13-29(18)17-6-7-17/h2-5,8-9,12,17-19,31H,6-7,10-11,13-14H2,1H3,(H,27,32)/t18-,19-/m0/s1. The number of pyridine rings is 2. The van der Waals surface area contributed by atoms with Crippen molar-refractivity contribution in [3.63, 3.8) is 0 Å². The van der Waals surface area contributed by atoms with Crippen molar-refractivity contribution in [1.82, 2.24) is 20.2 Å². The topological polar surface area (TPSA) is 81.6 Å². The lowest BCUT2D eigenvalue weighted by molar-refractivity contribution is 0.0943. The minimum absolute atomic E-state index is 0.0273. The molecule has 7 heteroatoms. The van der Waals surface area contributed by atoms with Gasteiger partial charge in [0.15, 0.2) is 11.4 Å². The summed E-state index contributed by atoms with van der Waals surface area (Å²) in [7, 11) is 0. The predicted octanol–water partition coefficient (Wildman–Crippen LogP) is 3.00. The van der Waals surface area contributed by atoms with E-state index >= 15 is 0 Å². The van der Waals surface area contributed by atoms with Crippen LogP contribution in [0.3, 0.4) is 0 Å². The molecule has 2 aliphatic heterocycles. The SMILES string of the molecule is Cc1ccc(CNC(=O)c2ncc3nc(N4C[C@@H]5C[C@H]4CN5C4CC4)ccc3c2O)cc1. The molecule has 0 spiro atoms. The van der Waals surface area contributed by atoms with E-state index in [1.807, 2.05) is 43.3 Å². The van der Waals surface area contributed by atoms with Gasteiger partial charge in [-0.1, -0.05) is 29.8 Å². The zero-order chi connectivity index (χ0) is 21.8. The lowest BCUT2D eigenvalue weighted by Gasteiger charge is -2.35. The third-order valence-electron chi connectivity index (χ3n) is 7.09. The Morgan fingerprint density at radius 3 is 2.62 bits per heavy atom. The molecule has 7 nitrogen and oxygen atoms in total. The Hall–Kier alpha value is -3.19. The number of nitrogens with zero attached hydrogens (tertiary/aromatic N) is 4. The summed E-state index contributed by atoms with van der Waals surface area (Å²) in [5, 5.41) is 14.1. The van der Waals surface area contributed by atoms with Gasteiger partial charge in [0.2, 0.25) is 0 Å². The minimum Gasteiger partial charge on any atom is -0.505 e. The van der Waals surface area contributed by atoms with E-state index in [2.05, 4.69) is 20.1 Å². The molecule has 0 unspecified atom stereocenters. The van der Waals surface area contributed by atoms with Gasteiger partial charge in [-0.25, -0.2) is 9.97 Å². The van der Waals surface area contributed by atoms with Crippen molar-refractivity contribution >= 4 is 22.6 Å². The monoisotopic (exact) mass is 429 g/mol. The van der Waals surface area contributed by atoms with Crippen LogP contribution in [0.5, 0.6) is 5.75 Å². The van der Waals surface area contributed by atoms with Gasteiger partial charge in [-0.2, -0.15) is 0 Å². The summed E-state index contributed by atoms with van der Waals surface area (Å²) in [6.45, 7) is 4.54. The molecular weight excluding hydrogens is 402 g/mol. The van der Waals surface area contributed by atoms with E-state index in [4.69, 9.17) is 4.98 Å². The molecular formula is C25H27N5O2. The summed E-state index contributed by atoms with van der Waals surface area (Å²) in [5.74, 6) is 0.412. The number of hydrogen-bond acceptors (Lipinski definition) is 6. The van der Waals surface area contributed by atoms with Crippen LogP contribution in [-0.2, 0) is 6.54 Å². The highest BCUT2D eigenvalue weighted by Gasteiger charge is 2.48. The van der Waals surface area contributed by atoms with Crippen molar-refractivity contribution in [1.29, 1.82) is 0 Å². The van der Waals surface area contributed by atoms with Crippen LogP contribution in [0.1, 0.15) is 40.9 Å². The highest BCUT2D eigenvalue weighted by atomic mass is 16.3. The molecule has 2 bridgehead atoms. The van der Waals surface area contributed by atoms with Crippen molar-refractivity contribution in [2.75, 3.05) is 18.0 Å². The number of benzene rings is 1. The molecule has 2 N–H and O–H groups in total. The van der Waals surface area contributed by atoms with Gasteiger partial charge in [0.05, 0.1) is 11.7 Å². The molecule has 0 radical (unpaired) electrons. The molecule has 6 rings (SSSR count). The fourth-order valence-electron chi connectivity index (χ4n) is 5.21. The maximum absolute atomic E-state index is 12.6. The van der Waals surface area contributed by atoms with Gasteiger partial charge in [-0.15, -0.1) is 0 Å². The number of hydrogen-bond donors (Lipinski definition) is 2. The number of rotatable bonds is 5. The van der Waals surface area contributed by atoms with Crippen LogP contribution in [0.2, 0.25) is 0 Å². The lowest BCUT2D eigenvalue weighted by Crippen LogP contribution is -2.47. The van der Waals surface area contributed by atoms with E-state index in [9.17, 15) is 9.90 Å². The minimum atomic E-state index is -0.397. The highest BCUT2D eigenvalue weighted by Crippen LogP contribution is 2.41. The number of anilines is 1. The molecule has 4 heterocycles. The molecule has 1 aromatic carbocycles. The van der Waals surface area contributed by atoms with Gasteiger partial charge in [-0.3, -0.25) is 9.69 Å². The number of aromatic nitrogens is 2. The van der Waals surface area contributed by atoms with Crippen LogP contribution in [-0.4, -0.2) is 57.1 Å². The Labute approximate surface area is 187 Å². The van der Waals surface area contributed by atoms with Crippen LogP contribution < -0.4 is 10.2 Å². The van der Waals surface area contributed by atoms with Gasteiger partial charge >= 0.3 is 0 Å². The predicted molar refractivity (Wildman–Crippen MR) is 123 cm³/mol. The number of aromatic hydroxyl groups is 1. The average Bonchev–Trinajstić information content (AvgIpc) is 3.46. The highest BCUT2D eigenvalue weighted by molar-refractivity contribution is 6.00. The zero-order valence-corrected chi connectivity index (χ0v) is 18.2. The largest absolute Gasteiger partial charge is 0.505 e. The molecule has 3 fully saturated rings. The molecule has 3 aliphatic rings. The Morgan fingerprint density at radius 1 is 1.09 bits per heavy atom. The Kier molecular flexibility index (Phi) is 4.54. The first kappa shape index (κ1) is 19.5. The van der Waals surface area contributed by atoms with Crippen LogP contribution >= 0.6 is 0 Å². The summed E-state index contributed by atoms with van der Waals surface area (Å²) in [6.07, 6.45) is 5.50. The number of amides is 1. The quantitative estimate of drug-likeness (QED) is 0.649. The summed E-state index contributed by atoms with van der Waals surface area (Å²) in [5.41, 5.74) is 2.80. The molecule has 32 heavy (non-hydrogen) atoms. The number of carbonyl (C=O) groups is 1. The third kappa shape index (κ3) is 3.37. The molecule has 2 atom stereocenters. The fraction of sp³-hybridized carbons (Fsp3) is 0.400. The van der Waals surface area contributed by atoms with Gasteiger partial charge in [0.25, 0.3) is 5.91 Å². The van der Waals surface area contributed by atoms with Crippen molar-refractivity contribution in [3.05, 3.63) is 59.4 Å². The zero-order valence-electron chi connectivity index (χ0n) is 18.2. The first-order valence-electron chi connectivity index (χ1n) is 11.4. The molecule has 1 aliphatic carbocycles. The maximum atomic E-state index is 12.6. The third-order valence-corrected chi connectivity index (χ3v) is 7.09. The second kappa shape index (κ2) is 7.45. The molecule has 1 saturated carbocycles. The molecule has 2 aromatic heterocycles. The number of aryl methyl sites for hydroxylation is 1. The van der Waals surface area contributed by atoms with Crippen LogP contribution in [0.25, 0.3) is 10.9 Å². The fourth-order valence-corrected chi connectivity index (χ4v) is 5.21. The van der Waals surface area contributed by atoms with E-state index in [-0.39, 0.29) is 11.4 Å². The van der Waals surface area contributed by atoms with Crippen LogP contribution in [0, 0.1) is 6.92 Å². The lowest BCUT2D eigenvalue weighted by atomic mass is 10.1. The van der Waals surface area contributed by atoms with Crippen molar-refractivity contribution < 1.29 is 9.90 Å². The smallest absolute Gasteiger partial charge is 0.274 e. The summed E-state index contributed by atoms with van der Waals surface area (Å²) >= 11 is 0. The summed E-state index contributed by atoms with van der Waals surface area (Å²) < 4.78 is 0. The van der Waals surface area contributed by atoms with Crippen LogP contribution in [0.4, 0.5) is 5.82 Å². The second-order valence-electron chi connectivity index (χ2n) is 9.35. The van der Waals surface area contributed by atoms with Gasteiger partial charge in [-0.05, 0) is 43.9 Å². The average molecular weight is 430 g/mol. The number of carbonyl (C=O) groups excluding carboxylic acids is 1. The summed E-state index contributed by atoms with van der Waals surface area (Å²) in [6, 6.07) is 13.7. The normalized spacial score (nSPS) is 22.6. The number of nitrogens with one attached hydrogen (secondary N) is 1. The summed E-state index contributed by atoms with van der Waals surface area (Å²) in [4.78, 5) is 26.7. The first-order valence-corrected chi connectivity index (χ1v) is 11.4. The molecule has 3 aromatic rings. The first-order chi connectivity index (χ1) is 15.6. The van der Waals surface area contributed by atoms with Crippen molar-refractivity contribution in [3.8, 4) is 5.75 Å². The van der Waals surface area contributed by atoms with Crippen LogP contribution in [0.15, 0.2) is 42.6 Å². The van der Waals surface area contributed by atoms with E-state index in [1.165, 1.54) is 24.8 Å².